The number of carbonyl (C=O) groups excluding carboxylic acids is 2. The van der Waals surface area contributed by atoms with Crippen molar-refractivity contribution in [1.82, 2.24) is 5.32 Å². The number of allylic oxidation sites excluding steroid dienone is 2. The molecule has 2 saturated carbocycles. The molecule has 3 unspecified atom stereocenters. The van der Waals surface area contributed by atoms with E-state index in [0.29, 0.717) is 12.0 Å². The first-order valence-corrected chi connectivity index (χ1v) is 6.73. The quantitative estimate of drug-likeness (QED) is 0.776. The Labute approximate surface area is 107 Å². The van der Waals surface area contributed by atoms with E-state index >= 15 is 0 Å². The summed E-state index contributed by atoms with van der Waals surface area (Å²) in [5.74, 6) is 0.904. The number of ketones is 1. The number of ether oxygens (including phenoxy) is 1. The molecule has 18 heavy (non-hydrogen) atoms. The first-order chi connectivity index (χ1) is 8.60. The Hall–Kier alpha value is -1.32. The van der Waals surface area contributed by atoms with E-state index < -0.39 is 5.41 Å². The molecule has 3 rings (SSSR count). The summed E-state index contributed by atoms with van der Waals surface area (Å²) >= 11 is 0. The van der Waals surface area contributed by atoms with Crippen molar-refractivity contribution in [1.29, 1.82) is 0 Å². The van der Waals surface area contributed by atoms with Crippen LogP contribution in [-0.2, 0) is 9.53 Å². The third-order valence-corrected chi connectivity index (χ3v) is 4.57. The minimum atomic E-state index is -0.458. The lowest BCUT2D eigenvalue weighted by Crippen LogP contribution is -2.40. The second kappa shape index (κ2) is 4.11. The molecule has 2 fully saturated rings. The van der Waals surface area contributed by atoms with Gasteiger partial charge in [-0.1, -0.05) is 12.2 Å². The number of carbonyl (C=O) groups is 2. The van der Waals surface area contributed by atoms with Gasteiger partial charge in [0.2, 0.25) is 0 Å². The fourth-order valence-electron chi connectivity index (χ4n) is 3.26. The lowest BCUT2D eigenvalue weighted by Gasteiger charge is -2.32. The molecule has 0 spiro atoms. The molecule has 0 aromatic rings. The van der Waals surface area contributed by atoms with Gasteiger partial charge in [0.15, 0.2) is 0 Å². The normalized spacial score (nSPS) is 36.7. The van der Waals surface area contributed by atoms with E-state index in [2.05, 4.69) is 17.5 Å². The van der Waals surface area contributed by atoms with E-state index in [9.17, 15) is 9.59 Å². The molecule has 0 aromatic carbocycles. The van der Waals surface area contributed by atoms with E-state index in [1.165, 1.54) is 0 Å². The molecule has 3 aliphatic carbocycles. The fourth-order valence-corrected chi connectivity index (χ4v) is 3.26. The van der Waals surface area contributed by atoms with Gasteiger partial charge in [-0.2, -0.15) is 0 Å². The second-order valence-corrected chi connectivity index (χ2v) is 5.90. The van der Waals surface area contributed by atoms with Gasteiger partial charge in [0, 0.05) is 6.04 Å². The van der Waals surface area contributed by atoms with Crippen molar-refractivity contribution in [2.24, 2.45) is 17.3 Å². The van der Waals surface area contributed by atoms with Gasteiger partial charge in [0.05, 0.1) is 5.41 Å². The van der Waals surface area contributed by atoms with Crippen LogP contribution in [0.3, 0.4) is 0 Å². The third kappa shape index (κ3) is 1.93. The van der Waals surface area contributed by atoms with Crippen LogP contribution in [-0.4, -0.2) is 24.5 Å². The van der Waals surface area contributed by atoms with Crippen molar-refractivity contribution in [3.05, 3.63) is 12.2 Å². The van der Waals surface area contributed by atoms with Crippen molar-refractivity contribution >= 4 is 11.9 Å². The van der Waals surface area contributed by atoms with Gasteiger partial charge in [0.1, 0.15) is 12.4 Å². The van der Waals surface area contributed by atoms with Crippen LogP contribution >= 0.6 is 0 Å². The smallest absolute Gasteiger partial charge is 0.407 e. The lowest BCUT2D eigenvalue weighted by molar-refractivity contribution is -0.130. The molecule has 4 nitrogen and oxygen atoms in total. The Balaban J connectivity index is 1.62. The van der Waals surface area contributed by atoms with Crippen molar-refractivity contribution in [3.63, 3.8) is 0 Å². The average molecular weight is 249 g/mol. The number of nitrogens with one attached hydrogen (secondary N) is 1. The first-order valence-electron chi connectivity index (χ1n) is 6.73. The molecule has 0 aliphatic heterocycles. The molecule has 0 saturated heterocycles. The zero-order chi connectivity index (χ0) is 12.8. The summed E-state index contributed by atoms with van der Waals surface area (Å²) < 4.78 is 5.29. The summed E-state index contributed by atoms with van der Waals surface area (Å²) in [4.78, 5) is 23.5. The molecule has 3 aliphatic rings. The lowest BCUT2D eigenvalue weighted by atomic mass is 9.73. The molecule has 98 valence electrons. The number of fused-ring (bicyclic) bond motifs is 2. The van der Waals surface area contributed by atoms with Crippen LogP contribution in [0.2, 0.25) is 0 Å². The van der Waals surface area contributed by atoms with E-state index in [-0.39, 0.29) is 24.4 Å². The number of hydrogen-bond donors (Lipinski definition) is 1. The fraction of sp³-hybridized carbons (Fsp3) is 0.714. The minimum absolute atomic E-state index is 0.151. The van der Waals surface area contributed by atoms with Gasteiger partial charge < -0.3 is 10.1 Å². The average Bonchev–Trinajstić information content (AvgIpc) is 2.91. The second-order valence-electron chi connectivity index (χ2n) is 5.90. The molecule has 1 amide bonds. The molecular formula is C14H19NO3. The van der Waals surface area contributed by atoms with Crippen molar-refractivity contribution < 1.29 is 14.3 Å². The SMILES string of the molecule is CC(=O)C1(COC(=O)NC2CC2)CC2C=CC1C2. The molecule has 1 N–H and O–H groups in total. The van der Waals surface area contributed by atoms with Crippen molar-refractivity contribution in [2.75, 3.05) is 6.61 Å². The van der Waals surface area contributed by atoms with Crippen molar-refractivity contribution in [3.8, 4) is 0 Å². The predicted molar refractivity (Wildman–Crippen MR) is 66.0 cm³/mol. The summed E-state index contributed by atoms with van der Waals surface area (Å²) in [6.07, 6.45) is 7.90. The maximum atomic E-state index is 12.0. The highest BCUT2D eigenvalue weighted by Gasteiger charge is 2.52. The number of Topliss-reactive ketones (excluding diaryl/α,β-unsaturated/α-hetero) is 1. The largest absolute Gasteiger partial charge is 0.448 e. The van der Waals surface area contributed by atoms with E-state index in [1.54, 1.807) is 6.92 Å². The number of rotatable bonds is 4. The van der Waals surface area contributed by atoms with E-state index in [1.807, 2.05) is 0 Å². The Bertz CT molecular complexity index is 413. The Morgan fingerprint density at radius 1 is 1.39 bits per heavy atom. The Morgan fingerprint density at radius 2 is 2.17 bits per heavy atom. The highest BCUT2D eigenvalue weighted by molar-refractivity contribution is 5.84. The van der Waals surface area contributed by atoms with E-state index in [0.717, 1.165) is 25.7 Å². The predicted octanol–water partition coefficient (Wildman–Crippen LogP) is 2.05. The van der Waals surface area contributed by atoms with Crippen LogP contribution in [0, 0.1) is 17.3 Å². The summed E-state index contributed by atoms with van der Waals surface area (Å²) in [5.41, 5.74) is -0.458. The zero-order valence-corrected chi connectivity index (χ0v) is 10.6. The van der Waals surface area contributed by atoms with Crippen LogP contribution in [0.1, 0.15) is 32.6 Å². The first kappa shape index (κ1) is 11.8. The maximum Gasteiger partial charge on any atom is 0.407 e. The summed E-state index contributed by atoms with van der Waals surface area (Å²) in [6.45, 7) is 1.85. The third-order valence-electron chi connectivity index (χ3n) is 4.57. The van der Waals surface area contributed by atoms with Crippen LogP contribution < -0.4 is 5.32 Å². The summed E-state index contributed by atoms with van der Waals surface area (Å²) in [6, 6.07) is 0.297. The van der Waals surface area contributed by atoms with Gasteiger partial charge in [-0.15, -0.1) is 0 Å². The molecule has 0 aromatic heterocycles. The molecule has 4 heteroatoms. The number of hydrogen-bond acceptors (Lipinski definition) is 3. The highest BCUT2D eigenvalue weighted by Crippen LogP contribution is 2.52. The standard InChI is InChI=1S/C14H19NO3/c1-9(16)14(7-10-2-3-11(14)6-10)8-18-13(17)15-12-4-5-12/h2-3,10-12H,4-8H2,1H3,(H,15,17). The van der Waals surface area contributed by atoms with Gasteiger partial charge in [-0.05, 0) is 44.4 Å². The summed E-state index contributed by atoms with van der Waals surface area (Å²) in [5, 5.41) is 2.79. The highest BCUT2D eigenvalue weighted by atomic mass is 16.5. The zero-order valence-electron chi connectivity index (χ0n) is 10.6. The van der Waals surface area contributed by atoms with E-state index in [4.69, 9.17) is 4.74 Å². The minimum Gasteiger partial charge on any atom is -0.448 e. The molecule has 3 atom stereocenters. The van der Waals surface area contributed by atoms with Gasteiger partial charge in [0.25, 0.3) is 0 Å². The molecule has 0 heterocycles. The number of alkyl carbamates (subject to hydrolysis) is 1. The van der Waals surface area contributed by atoms with Crippen LogP contribution in [0.4, 0.5) is 4.79 Å². The number of amides is 1. The molecule has 2 bridgehead atoms. The Morgan fingerprint density at radius 3 is 2.67 bits per heavy atom. The summed E-state index contributed by atoms with van der Waals surface area (Å²) in [7, 11) is 0. The Kier molecular flexibility index (Phi) is 2.68. The van der Waals surface area contributed by atoms with Crippen molar-refractivity contribution in [2.45, 2.75) is 38.6 Å². The maximum absolute atomic E-state index is 12.0. The van der Waals surface area contributed by atoms with Gasteiger partial charge in [-0.3, -0.25) is 4.79 Å². The topological polar surface area (TPSA) is 55.4 Å². The molecular weight excluding hydrogens is 230 g/mol. The van der Waals surface area contributed by atoms with Crippen LogP contribution in [0.15, 0.2) is 12.2 Å². The molecule has 0 radical (unpaired) electrons. The monoisotopic (exact) mass is 249 g/mol. The van der Waals surface area contributed by atoms with Crippen LogP contribution in [0.25, 0.3) is 0 Å². The van der Waals surface area contributed by atoms with Crippen LogP contribution in [0.5, 0.6) is 0 Å². The van der Waals surface area contributed by atoms with Gasteiger partial charge >= 0.3 is 6.09 Å². The van der Waals surface area contributed by atoms with Gasteiger partial charge in [-0.25, -0.2) is 4.79 Å².